The number of benzene rings is 7. The van der Waals surface area contributed by atoms with Crippen LogP contribution < -0.4 is 4.90 Å². The Morgan fingerprint density at radius 1 is 0.540 bits per heavy atom. The lowest BCUT2D eigenvalue weighted by molar-refractivity contribution is 0.661. The Kier molecular flexibility index (Phi) is 5.42. The fourth-order valence-electron chi connectivity index (χ4n) is 8.85. The maximum absolute atomic E-state index is 5.55. The molecule has 0 spiro atoms. The summed E-state index contributed by atoms with van der Waals surface area (Å²) in [5.41, 5.74) is 12.7. The summed E-state index contributed by atoms with van der Waals surface area (Å²) in [5.74, 6) is 0.642. The van der Waals surface area contributed by atoms with Crippen molar-refractivity contribution in [3.05, 3.63) is 157 Å². The first kappa shape index (κ1) is 27.5. The predicted octanol–water partition coefficient (Wildman–Crippen LogP) is 11.9. The molecular weight excluding hydrogens is 609 g/mol. The molecule has 2 aliphatic rings. The van der Waals surface area contributed by atoms with E-state index in [2.05, 4.69) is 151 Å². The molecule has 0 saturated carbocycles. The van der Waals surface area contributed by atoms with E-state index in [1.165, 1.54) is 54.9 Å². The van der Waals surface area contributed by atoms with Crippen LogP contribution in [0.5, 0.6) is 0 Å². The van der Waals surface area contributed by atoms with Gasteiger partial charge in [0.05, 0.1) is 22.6 Å². The molecule has 0 saturated heterocycles. The SMILES string of the molecule is CC1(C)c2ccccc2-c2c1cc1cccc3c1c2-c1ccccc1N3c1nc(-c2cccnc2)c2c3ccccc3c3ccccc3c2n1. The molecule has 9 aromatic rings. The van der Waals surface area contributed by atoms with Crippen molar-refractivity contribution >= 4 is 60.5 Å². The fraction of sp³-hybridized carbons (Fsp3) is 0.0652. The van der Waals surface area contributed by atoms with E-state index in [0.29, 0.717) is 5.95 Å². The first-order chi connectivity index (χ1) is 24.6. The van der Waals surface area contributed by atoms with Gasteiger partial charge in [0.25, 0.3) is 0 Å². The Balaban J connectivity index is 1.29. The molecule has 1 aliphatic heterocycles. The van der Waals surface area contributed by atoms with Crippen molar-refractivity contribution in [3.8, 4) is 33.5 Å². The molecule has 3 heterocycles. The summed E-state index contributed by atoms with van der Waals surface area (Å²) in [7, 11) is 0. The van der Waals surface area contributed by atoms with Crippen LogP contribution in [0.25, 0.3) is 76.7 Å². The number of hydrogen-bond acceptors (Lipinski definition) is 4. The average molecular weight is 639 g/mol. The number of fused-ring (bicyclic) bond motifs is 12. The molecular formula is C46H30N4. The van der Waals surface area contributed by atoms with Gasteiger partial charge in [-0.25, -0.2) is 9.97 Å². The number of pyridine rings is 1. The Morgan fingerprint density at radius 3 is 2.06 bits per heavy atom. The Labute approximate surface area is 289 Å². The van der Waals surface area contributed by atoms with Gasteiger partial charge in [0, 0.05) is 50.7 Å². The van der Waals surface area contributed by atoms with Gasteiger partial charge in [-0.15, -0.1) is 0 Å². The van der Waals surface area contributed by atoms with Crippen molar-refractivity contribution in [1.82, 2.24) is 15.0 Å². The molecule has 50 heavy (non-hydrogen) atoms. The summed E-state index contributed by atoms with van der Waals surface area (Å²) < 4.78 is 0. The minimum atomic E-state index is -0.109. The standard InChI is InChI=1S/C46H30N4/c1-46(2)35-21-9-7-19-33(35)40-36(46)25-27-13-11-23-38-39(27)41(40)34-20-8-10-22-37(34)50(38)45-48-43(28-14-12-24-47-26-28)42-31-17-5-3-15-29(31)30-16-4-6-18-32(30)44(42)49-45/h3-26H,1-2H3. The second kappa shape index (κ2) is 9.83. The first-order valence-corrected chi connectivity index (χ1v) is 17.2. The summed E-state index contributed by atoms with van der Waals surface area (Å²) in [6.07, 6.45) is 3.73. The fourth-order valence-corrected chi connectivity index (χ4v) is 8.85. The molecule has 0 unspecified atom stereocenters. The molecule has 234 valence electrons. The predicted molar refractivity (Wildman–Crippen MR) is 207 cm³/mol. The maximum atomic E-state index is 5.55. The third kappa shape index (κ3) is 3.52. The molecule has 7 aromatic carbocycles. The number of aromatic nitrogens is 3. The van der Waals surface area contributed by atoms with E-state index < -0.39 is 0 Å². The Hall–Kier alpha value is -6.39. The Morgan fingerprint density at radius 2 is 1.24 bits per heavy atom. The van der Waals surface area contributed by atoms with Crippen molar-refractivity contribution in [2.24, 2.45) is 0 Å². The average Bonchev–Trinajstić information content (AvgIpc) is 3.40. The summed E-state index contributed by atoms with van der Waals surface area (Å²) in [6.45, 7) is 4.72. The van der Waals surface area contributed by atoms with Crippen molar-refractivity contribution in [1.29, 1.82) is 0 Å². The van der Waals surface area contributed by atoms with Crippen molar-refractivity contribution < 1.29 is 0 Å². The molecule has 0 radical (unpaired) electrons. The topological polar surface area (TPSA) is 41.9 Å². The van der Waals surface area contributed by atoms with Crippen LogP contribution in [-0.4, -0.2) is 15.0 Å². The smallest absolute Gasteiger partial charge is 0.235 e. The van der Waals surface area contributed by atoms with Crippen molar-refractivity contribution in [3.63, 3.8) is 0 Å². The highest BCUT2D eigenvalue weighted by atomic mass is 15.3. The van der Waals surface area contributed by atoms with E-state index in [-0.39, 0.29) is 5.41 Å². The van der Waals surface area contributed by atoms with Gasteiger partial charge in [0.2, 0.25) is 5.95 Å². The van der Waals surface area contributed by atoms with Crippen LogP contribution >= 0.6 is 0 Å². The van der Waals surface area contributed by atoms with E-state index in [9.17, 15) is 0 Å². The highest BCUT2D eigenvalue weighted by Gasteiger charge is 2.40. The van der Waals surface area contributed by atoms with Gasteiger partial charge in [-0.1, -0.05) is 117 Å². The quantitative estimate of drug-likeness (QED) is 0.177. The first-order valence-electron chi connectivity index (χ1n) is 17.2. The number of anilines is 3. The van der Waals surface area contributed by atoms with Crippen LogP contribution in [0.2, 0.25) is 0 Å². The third-order valence-corrected chi connectivity index (χ3v) is 11.0. The number of nitrogens with zero attached hydrogens (tertiary/aromatic N) is 4. The second-order valence-electron chi connectivity index (χ2n) is 14.0. The van der Waals surface area contributed by atoms with Crippen molar-refractivity contribution in [2.45, 2.75) is 19.3 Å². The third-order valence-electron chi connectivity index (χ3n) is 11.0. The van der Waals surface area contributed by atoms with E-state index in [1.54, 1.807) is 0 Å². The molecule has 0 N–H and O–H groups in total. The van der Waals surface area contributed by atoms with Gasteiger partial charge in [0.1, 0.15) is 0 Å². The van der Waals surface area contributed by atoms with Crippen LogP contribution in [-0.2, 0) is 5.41 Å². The van der Waals surface area contributed by atoms with Crippen LogP contribution in [0.15, 0.2) is 146 Å². The molecule has 0 fully saturated rings. The molecule has 4 nitrogen and oxygen atoms in total. The normalized spacial score (nSPS) is 13.9. The van der Waals surface area contributed by atoms with Crippen LogP contribution in [0.1, 0.15) is 25.0 Å². The molecule has 0 atom stereocenters. The van der Waals surface area contributed by atoms with Crippen LogP contribution in [0.4, 0.5) is 17.3 Å². The van der Waals surface area contributed by atoms with Crippen molar-refractivity contribution in [2.75, 3.05) is 4.90 Å². The lowest BCUT2D eigenvalue weighted by atomic mass is 9.79. The number of hydrogen-bond donors (Lipinski definition) is 0. The largest absolute Gasteiger partial charge is 0.278 e. The lowest BCUT2D eigenvalue weighted by Crippen LogP contribution is -2.19. The molecule has 0 amide bonds. The van der Waals surface area contributed by atoms with E-state index in [1.807, 2.05) is 18.5 Å². The van der Waals surface area contributed by atoms with E-state index in [4.69, 9.17) is 9.97 Å². The van der Waals surface area contributed by atoms with Gasteiger partial charge in [-0.2, -0.15) is 0 Å². The highest BCUT2D eigenvalue weighted by molar-refractivity contribution is 6.27. The Bertz CT molecular complexity index is 2910. The van der Waals surface area contributed by atoms with Gasteiger partial charge in [-0.05, 0) is 74.1 Å². The number of rotatable bonds is 2. The summed E-state index contributed by atoms with van der Waals surface area (Å²) in [6, 6.07) is 48.1. The highest BCUT2D eigenvalue weighted by Crippen LogP contribution is 2.59. The molecule has 1 aliphatic carbocycles. The minimum absolute atomic E-state index is 0.109. The summed E-state index contributed by atoms with van der Waals surface area (Å²) >= 11 is 0. The van der Waals surface area contributed by atoms with Gasteiger partial charge < -0.3 is 0 Å². The summed E-state index contributed by atoms with van der Waals surface area (Å²) in [5, 5.41) is 8.10. The monoisotopic (exact) mass is 638 g/mol. The molecule has 2 aromatic heterocycles. The minimum Gasteiger partial charge on any atom is -0.278 e. The van der Waals surface area contributed by atoms with Gasteiger partial charge in [-0.3, -0.25) is 9.88 Å². The zero-order valence-electron chi connectivity index (χ0n) is 27.6. The van der Waals surface area contributed by atoms with Crippen LogP contribution in [0, 0.1) is 0 Å². The zero-order valence-corrected chi connectivity index (χ0v) is 27.6. The lowest BCUT2D eigenvalue weighted by Gasteiger charge is -2.34. The van der Waals surface area contributed by atoms with Crippen LogP contribution in [0.3, 0.4) is 0 Å². The molecule has 0 bridgehead atoms. The zero-order chi connectivity index (χ0) is 33.1. The van der Waals surface area contributed by atoms with E-state index >= 15 is 0 Å². The van der Waals surface area contributed by atoms with E-state index in [0.717, 1.165) is 44.3 Å². The molecule has 4 heteroatoms. The molecule has 11 rings (SSSR count). The van der Waals surface area contributed by atoms with Gasteiger partial charge >= 0.3 is 0 Å². The maximum Gasteiger partial charge on any atom is 0.235 e. The second-order valence-corrected chi connectivity index (χ2v) is 14.0. The van der Waals surface area contributed by atoms with Gasteiger partial charge in [0.15, 0.2) is 0 Å². The number of para-hydroxylation sites is 1. The summed E-state index contributed by atoms with van der Waals surface area (Å²) in [4.78, 5) is 17.9.